The summed E-state index contributed by atoms with van der Waals surface area (Å²) < 4.78 is 51.2. The fraction of sp³-hybridized carbons (Fsp3) is 0.143. The largest absolute Gasteiger partial charge is 0.228 e. The van der Waals surface area contributed by atoms with Crippen LogP contribution in [0.4, 0.5) is 8.78 Å². The SMILES string of the molecule is O=S(=O)(Cc1ccc(Cl)cc1Cl)Cc1c(F)cccc1F. The number of hydrogen-bond donors (Lipinski definition) is 0. The van der Waals surface area contributed by atoms with Crippen molar-refractivity contribution in [3.8, 4) is 0 Å². The predicted molar refractivity (Wildman–Crippen MR) is 79.1 cm³/mol. The molecule has 0 radical (unpaired) electrons. The molecule has 2 aromatic rings. The molecule has 7 heteroatoms. The molecule has 0 aliphatic heterocycles. The molecule has 0 aliphatic rings. The Hall–Kier alpha value is -1.17. The summed E-state index contributed by atoms with van der Waals surface area (Å²) in [7, 11) is -3.78. The molecular weight excluding hydrogens is 341 g/mol. The maximum Gasteiger partial charge on any atom is 0.158 e. The van der Waals surface area contributed by atoms with Crippen LogP contribution in [0.25, 0.3) is 0 Å². The van der Waals surface area contributed by atoms with E-state index in [0.717, 1.165) is 12.1 Å². The molecule has 21 heavy (non-hydrogen) atoms. The lowest BCUT2D eigenvalue weighted by Gasteiger charge is -2.08. The fourth-order valence-corrected chi connectivity index (χ4v) is 3.91. The zero-order valence-corrected chi connectivity index (χ0v) is 12.9. The van der Waals surface area contributed by atoms with E-state index in [0.29, 0.717) is 10.6 Å². The van der Waals surface area contributed by atoms with E-state index in [9.17, 15) is 17.2 Å². The van der Waals surface area contributed by atoms with Gasteiger partial charge in [0.1, 0.15) is 11.6 Å². The van der Waals surface area contributed by atoms with Crippen LogP contribution in [0.3, 0.4) is 0 Å². The van der Waals surface area contributed by atoms with Crippen LogP contribution in [0.5, 0.6) is 0 Å². The average molecular weight is 351 g/mol. The standard InChI is InChI=1S/C14H10Cl2F2O2S/c15-10-5-4-9(12(16)6-10)7-21(19,20)8-11-13(17)2-1-3-14(11)18/h1-6H,7-8H2. The molecule has 2 aromatic carbocycles. The number of sulfone groups is 1. The van der Waals surface area contributed by atoms with Gasteiger partial charge < -0.3 is 0 Å². The Bertz CT molecular complexity index is 756. The molecule has 0 saturated carbocycles. The van der Waals surface area contributed by atoms with E-state index in [1.807, 2.05) is 0 Å². The van der Waals surface area contributed by atoms with Crippen LogP contribution in [-0.4, -0.2) is 8.42 Å². The van der Waals surface area contributed by atoms with Crippen molar-refractivity contribution in [1.82, 2.24) is 0 Å². The molecule has 0 bridgehead atoms. The van der Waals surface area contributed by atoms with Crippen molar-refractivity contribution >= 4 is 33.0 Å². The molecule has 0 saturated heterocycles. The Morgan fingerprint density at radius 1 is 0.952 bits per heavy atom. The van der Waals surface area contributed by atoms with Crippen molar-refractivity contribution in [3.05, 3.63) is 69.2 Å². The molecule has 2 rings (SSSR count). The molecule has 0 aliphatic carbocycles. The van der Waals surface area contributed by atoms with E-state index in [4.69, 9.17) is 23.2 Å². The van der Waals surface area contributed by atoms with Crippen LogP contribution in [-0.2, 0) is 21.3 Å². The number of benzene rings is 2. The van der Waals surface area contributed by atoms with E-state index in [1.54, 1.807) is 0 Å². The summed E-state index contributed by atoms with van der Waals surface area (Å²) in [4.78, 5) is 0. The summed E-state index contributed by atoms with van der Waals surface area (Å²) in [5.74, 6) is -2.93. The molecule has 0 spiro atoms. The zero-order valence-electron chi connectivity index (χ0n) is 10.6. The van der Waals surface area contributed by atoms with Gasteiger partial charge in [-0.05, 0) is 29.8 Å². The summed E-state index contributed by atoms with van der Waals surface area (Å²) in [6.07, 6.45) is 0. The minimum absolute atomic E-state index is 0.195. The Kier molecular flexibility index (Phi) is 4.86. The number of hydrogen-bond acceptors (Lipinski definition) is 2. The first-order valence-corrected chi connectivity index (χ1v) is 8.43. The lowest BCUT2D eigenvalue weighted by atomic mass is 10.2. The highest BCUT2D eigenvalue weighted by Crippen LogP contribution is 2.24. The molecule has 0 N–H and O–H groups in total. The first-order valence-electron chi connectivity index (χ1n) is 5.86. The van der Waals surface area contributed by atoms with E-state index in [2.05, 4.69) is 0 Å². The first-order chi connectivity index (χ1) is 9.78. The summed E-state index contributed by atoms with van der Waals surface area (Å²) in [6.45, 7) is 0. The normalized spacial score (nSPS) is 11.6. The van der Waals surface area contributed by atoms with Crippen molar-refractivity contribution in [2.45, 2.75) is 11.5 Å². The van der Waals surface area contributed by atoms with Gasteiger partial charge in [-0.3, -0.25) is 0 Å². The third-order valence-corrected chi connectivity index (χ3v) is 4.88. The molecule has 112 valence electrons. The van der Waals surface area contributed by atoms with Crippen LogP contribution in [0.2, 0.25) is 10.0 Å². The Morgan fingerprint density at radius 3 is 2.14 bits per heavy atom. The highest BCUT2D eigenvalue weighted by Gasteiger charge is 2.20. The van der Waals surface area contributed by atoms with Crippen LogP contribution >= 0.6 is 23.2 Å². The highest BCUT2D eigenvalue weighted by molar-refractivity contribution is 7.89. The van der Waals surface area contributed by atoms with E-state index in [-0.39, 0.29) is 5.02 Å². The van der Waals surface area contributed by atoms with Crippen LogP contribution in [0.15, 0.2) is 36.4 Å². The van der Waals surface area contributed by atoms with E-state index < -0.39 is 38.5 Å². The quantitative estimate of drug-likeness (QED) is 0.819. The van der Waals surface area contributed by atoms with Gasteiger partial charge in [-0.15, -0.1) is 0 Å². The molecule has 2 nitrogen and oxygen atoms in total. The van der Waals surface area contributed by atoms with Crippen LogP contribution < -0.4 is 0 Å². The first kappa shape index (κ1) is 16.2. The lowest BCUT2D eigenvalue weighted by molar-refractivity contribution is 0.555. The fourth-order valence-electron chi connectivity index (χ4n) is 1.82. The Morgan fingerprint density at radius 2 is 1.57 bits per heavy atom. The second kappa shape index (κ2) is 6.30. The van der Waals surface area contributed by atoms with Gasteiger partial charge in [0, 0.05) is 15.6 Å². The Labute approximate surface area is 131 Å². The van der Waals surface area contributed by atoms with Crippen molar-refractivity contribution in [2.24, 2.45) is 0 Å². The highest BCUT2D eigenvalue weighted by atomic mass is 35.5. The van der Waals surface area contributed by atoms with E-state index >= 15 is 0 Å². The zero-order chi connectivity index (χ0) is 15.6. The van der Waals surface area contributed by atoms with Gasteiger partial charge in [0.2, 0.25) is 0 Å². The van der Waals surface area contributed by atoms with E-state index in [1.165, 1.54) is 24.3 Å². The van der Waals surface area contributed by atoms with Gasteiger partial charge >= 0.3 is 0 Å². The van der Waals surface area contributed by atoms with Crippen LogP contribution in [0, 0.1) is 11.6 Å². The predicted octanol–water partition coefficient (Wildman–Crippen LogP) is 4.39. The second-order valence-electron chi connectivity index (χ2n) is 4.47. The summed E-state index contributed by atoms with van der Waals surface area (Å²) in [6, 6.07) is 7.60. The number of halogens is 4. The number of rotatable bonds is 4. The molecule has 0 heterocycles. The van der Waals surface area contributed by atoms with Crippen molar-refractivity contribution in [3.63, 3.8) is 0 Å². The minimum Gasteiger partial charge on any atom is -0.228 e. The van der Waals surface area contributed by atoms with Crippen molar-refractivity contribution in [1.29, 1.82) is 0 Å². The minimum atomic E-state index is -3.78. The van der Waals surface area contributed by atoms with Gasteiger partial charge in [0.05, 0.1) is 11.5 Å². The molecule has 0 aromatic heterocycles. The summed E-state index contributed by atoms with van der Waals surface area (Å²) >= 11 is 11.6. The van der Waals surface area contributed by atoms with Crippen molar-refractivity contribution < 1.29 is 17.2 Å². The van der Waals surface area contributed by atoms with Gasteiger partial charge in [-0.25, -0.2) is 17.2 Å². The Balaban J connectivity index is 2.27. The molecule has 0 unspecified atom stereocenters. The molecule has 0 atom stereocenters. The van der Waals surface area contributed by atoms with Gasteiger partial charge in [-0.2, -0.15) is 0 Å². The summed E-state index contributed by atoms with van der Waals surface area (Å²) in [5, 5.41) is 0.571. The third-order valence-electron chi connectivity index (χ3n) is 2.82. The molecule has 0 fully saturated rings. The monoisotopic (exact) mass is 350 g/mol. The topological polar surface area (TPSA) is 34.1 Å². The maximum absolute atomic E-state index is 13.5. The van der Waals surface area contributed by atoms with Gasteiger partial charge in [0.15, 0.2) is 9.84 Å². The van der Waals surface area contributed by atoms with Gasteiger partial charge in [-0.1, -0.05) is 35.3 Å². The molecular formula is C14H10Cl2F2O2S. The third kappa shape index (κ3) is 4.15. The average Bonchev–Trinajstić information content (AvgIpc) is 2.37. The van der Waals surface area contributed by atoms with Crippen LogP contribution in [0.1, 0.15) is 11.1 Å². The molecule has 0 amide bonds. The smallest absolute Gasteiger partial charge is 0.158 e. The van der Waals surface area contributed by atoms with Crippen molar-refractivity contribution in [2.75, 3.05) is 0 Å². The second-order valence-corrected chi connectivity index (χ2v) is 7.38. The summed E-state index contributed by atoms with van der Waals surface area (Å²) in [5.41, 5.74) is -0.139. The lowest BCUT2D eigenvalue weighted by Crippen LogP contribution is -2.10. The maximum atomic E-state index is 13.5. The van der Waals surface area contributed by atoms with Gasteiger partial charge in [0.25, 0.3) is 0 Å².